The van der Waals surface area contributed by atoms with Gasteiger partial charge in [-0.05, 0) is 54.0 Å². The molecule has 0 aliphatic rings. The molecule has 166 valence electrons. The molecule has 0 bridgehead atoms. The van der Waals surface area contributed by atoms with Gasteiger partial charge < -0.3 is 25.8 Å². The summed E-state index contributed by atoms with van der Waals surface area (Å²) in [6, 6.07) is 7.78. The Kier molecular flexibility index (Phi) is 11.6. The Morgan fingerprint density at radius 2 is 1.72 bits per heavy atom. The van der Waals surface area contributed by atoms with Gasteiger partial charge in [-0.1, -0.05) is 29.8 Å². The molecule has 1 rings (SSSR count). The summed E-state index contributed by atoms with van der Waals surface area (Å²) < 4.78 is 5.30. The molecule has 4 N–H and O–H groups in total. The molecule has 0 aliphatic heterocycles. The van der Waals surface area contributed by atoms with Crippen molar-refractivity contribution in [3.8, 4) is 0 Å². The summed E-state index contributed by atoms with van der Waals surface area (Å²) in [6.07, 6.45) is -1.11. The van der Waals surface area contributed by atoms with Crippen molar-refractivity contribution >= 4 is 36.0 Å². The van der Waals surface area contributed by atoms with Gasteiger partial charge in [0.15, 0.2) is 5.96 Å². The number of aliphatic hydroxyl groups is 1. The van der Waals surface area contributed by atoms with E-state index in [1.165, 1.54) is 0 Å². The van der Waals surface area contributed by atoms with Gasteiger partial charge in [0.2, 0.25) is 0 Å². The van der Waals surface area contributed by atoms with Crippen molar-refractivity contribution in [3.05, 3.63) is 35.4 Å². The number of alkyl carbamates (subject to hydrolysis) is 1. The Labute approximate surface area is 192 Å². The monoisotopic (exact) mass is 520 g/mol. The Morgan fingerprint density at radius 3 is 2.24 bits per heavy atom. The molecule has 29 heavy (non-hydrogen) atoms. The number of hydrogen-bond acceptors (Lipinski definition) is 4. The molecule has 0 fully saturated rings. The molecule has 0 aliphatic carbocycles. The van der Waals surface area contributed by atoms with Crippen molar-refractivity contribution in [3.63, 3.8) is 0 Å². The van der Waals surface area contributed by atoms with Crippen molar-refractivity contribution in [1.29, 1.82) is 0 Å². The average Bonchev–Trinajstić information content (AvgIpc) is 2.55. The van der Waals surface area contributed by atoms with Crippen LogP contribution < -0.4 is 16.0 Å². The number of amides is 1. The zero-order chi connectivity index (χ0) is 21.4. The first kappa shape index (κ1) is 27.5. The number of aliphatic imine (C=N–C) groups is 1. The van der Waals surface area contributed by atoms with Gasteiger partial charge in [0.05, 0.1) is 18.2 Å². The summed E-state index contributed by atoms with van der Waals surface area (Å²) in [5.41, 5.74) is 0.867. The lowest BCUT2D eigenvalue weighted by atomic mass is 10.1. The third kappa shape index (κ3) is 11.9. The van der Waals surface area contributed by atoms with E-state index in [-0.39, 0.29) is 24.0 Å². The van der Waals surface area contributed by atoms with E-state index in [1.54, 1.807) is 0 Å². The largest absolute Gasteiger partial charge is 0.444 e. The third-order valence-corrected chi connectivity index (χ3v) is 3.74. The van der Waals surface area contributed by atoms with Crippen molar-refractivity contribution in [2.24, 2.45) is 4.99 Å². The fourth-order valence-corrected chi connectivity index (χ4v) is 2.34. The number of aliphatic hydroxyl groups excluding tert-OH is 1. The number of guanidine groups is 1. The molecule has 0 saturated heterocycles. The SMILES string of the molecule is CCNC(=NCC(C)(C)NC(=O)OC(C)(C)C)NCC(O)c1ccc(C)cc1.I. The minimum Gasteiger partial charge on any atom is -0.444 e. The number of aryl methyl sites for hydroxylation is 1. The predicted molar refractivity (Wildman–Crippen MR) is 129 cm³/mol. The molecule has 1 unspecified atom stereocenters. The van der Waals surface area contributed by atoms with E-state index in [2.05, 4.69) is 20.9 Å². The van der Waals surface area contributed by atoms with E-state index in [4.69, 9.17) is 4.74 Å². The van der Waals surface area contributed by atoms with Crippen LogP contribution >= 0.6 is 24.0 Å². The van der Waals surface area contributed by atoms with Crippen LogP contribution in [0.1, 0.15) is 58.8 Å². The lowest BCUT2D eigenvalue weighted by Crippen LogP contribution is -2.49. The smallest absolute Gasteiger partial charge is 0.408 e. The van der Waals surface area contributed by atoms with Gasteiger partial charge in [-0.3, -0.25) is 4.99 Å². The van der Waals surface area contributed by atoms with Crippen LogP contribution in [0, 0.1) is 6.92 Å². The lowest BCUT2D eigenvalue weighted by molar-refractivity contribution is 0.0476. The fraction of sp³-hybridized carbons (Fsp3) is 0.619. The highest BCUT2D eigenvalue weighted by molar-refractivity contribution is 14.0. The summed E-state index contributed by atoms with van der Waals surface area (Å²) in [5, 5.41) is 19.5. The summed E-state index contributed by atoms with van der Waals surface area (Å²) in [4.78, 5) is 16.5. The van der Waals surface area contributed by atoms with Crippen molar-refractivity contribution in [1.82, 2.24) is 16.0 Å². The number of ether oxygens (including phenoxy) is 1. The molecule has 1 aromatic rings. The maximum atomic E-state index is 12.0. The second-order valence-corrected chi connectivity index (χ2v) is 8.51. The van der Waals surface area contributed by atoms with Gasteiger partial charge in [0.25, 0.3) is 0 Å². The zero-order valence-electron chi connectivity index (χ0n) is 18.6. The van der Waals surface area contributed by atoms with Crippen molar-refractivity contribution < 1.29 is 14.6 Å². The fourth-order valence-electron chi connectivity index (χ4n) is 2.34. The van der Waals surface area contributed by atoms with Gasteiger partial charge in [-0.2, -0.15) is 0 Å². The first-order valence-electron chi connectivity index (χ1n) is 9.70. The molecule has 7 nitrogen and oxygen atoms in total. The minimum atomic E-state index is -0.641. The second-order valence-electron chi connectivity index (χ2n) is 8.51. The quantitative estimate of drug-likeness (QED) is 0.251. The number of carbonyl (C=O) groups excluding carboxylic acids is 1. The first-order chi connectivity index (χ1) is 12.9. The van der Waals surface area contributed by atoms with Crippen LogP contribution in [0.3, 0.4) is 0 Å². The van der Waals surface area contributed by atoms with E-state index in [9.17, 15) is 9.90 Å². The zero-order valence-corrected chi connectivity index (χ0v) is 21.0. The lowest BCUT2D eigenvalue weighted by Gasteiger charge is -2.27. The molecule has 0 spiro atoms. The predicted octanol–water partition coefficient (Wildman–Crippen LogP) is 3.50. The number of halogens is 1. The van der Waals surface area contributed by atoms with E-state index < -0.39 is 23.3 Å². The molecule has 8 heteroatoms. The minimum absolute atomic E-state index is 0. The van der Waals surface area contributed by atoms with Crippen LogP contribution in [-0.4, -0.2) is 47.9 Å². The maximum absolute atomic E-state index is 12.0. The van der Waals surface area contributed by atoms with Gasteiger partial charge in [0, 0.05) is 13.1 Å². The normalized spacial score (nSPS) is 13.2. The standard InChI is InChI=1S/C21H36N4O3.HI/c1-8-22-18(23-13-17(26)16-11-9-15(2)10-12-16)24-14-21(6,7)25-19(27)28-20(3,4)5;/h9-12,17,26H,8,13-14H2,1-7H3,(H,25,27)(H2,22,23,24);1H. The van der Waals surface area contributed by atoms with Crippen LogP contribution in [0.2, 0.25) is 0 Å². The molecule has 1 amide bonds. The van der Waals surface area contributed by atoms with Gasteiger partial charge in [0.1, 0.15) is 5.60 Å². The highest BCUT2D eigenvalue weighted by Gasteiger charge is 2.24. The molecule has 0 heterocycles. The number of rotatable bonds is 7. The first-order valence-corrected chi connectivity index (χ1v) is 9.70. The number of nitrogens with one attached hydrogen (secondary N) is 3. The van der Waals surface area contributed by atoms with Crippen LogP contribution in [0.25, 0.3) is 0 Å². The number of benzene rings is 1. The Balaban J connectivity index is 0.00000784. The summed E-state index contributed by atoms with van der Waals surface area (Å²) in [7, 11) is 0. The Hall–Kier alpha value is -1.55. The second kappa shape index (κ2) is 12.2. The maximum Gasteiger partial charge on any atom is 0.408 e. The molecule has 1 atom stereocenters. The summed E-state index contributed by atoms with van der Waals surface area (Å²) in [5.74, 6) is 0.577. The third-order valence-electron chi connectivity index (χ3n) is 3.74. The topological polar surface area (TPSA) is 95.0 Å². The number of nitrogens with zero attached hydrogens (tertiary/aromatic N) is 1. The van der Waals surface area contributed by atoms with E-state index in [1.807, 2.05) is 72.7 Å². The summed E-state index contributed by atoms with van der Waals surface area (Å²) >= 11 is 0. The van der Waals surface area contributed by atoms with Crippen LogP contribution in [0.4, 0.5) is 4.79 Å². The van der Waals surface area contributed by atoms with E-state index in [0.29, 0.717) is 25.6 Å². The highest BCUT2D eigenvalue weighted by atomic mass is 127. The number of hydrogen-bond donors (Lipinski definition) is 4. The Morgan fingerprint density at radius 1 is 1.14 bits per heavy atom. The van der Waals surface area contributed by atoms with Crippen LogP contribution in [0.5, 0.6) is 0 Å². The van der Waals surface area contributed by atoms with E-state index in [0.717, 1.165) is 11.1 Å². The van der Waals surface area contributed by atoms with Gasteiger partial charge in [-0.15, -0.1) is 24.0 Å². The van der Waals surface area contributed by atoms with Crippen LogP contribution in [0.15, 0.2) is 29.3 Å². The molecule has 0 radical (unpaired) electrons. The van der Waals surface area contributed by atoms with Gasteiger partial charge >= 0.3 is 6.09 Å². The molecule has 0 saturated carbocycles. The molecule has 1 aromatic carbocycles. The Bertz CT molecular complexity index is 655. The molecular weight excluding hydrogens is 483 g/mol. The van der Waals surface area contributed by atoms with Crippen molar-refractivity contribution in [2.75, 3.05) is 19.6 Å². The molecule has 0 aromatic heterocycles. The summed E-state index contributed by atoms with van der Waals surface area (Å²) in [6.45, 7) is 14.6. The van der Waals surface area contributed by atoms with E-state index >= 15 is 0 Å². The van der Waals surface area contributed by atoms with Crippen molar-refractivity contribution in [2.45, 2.75) is 65.7 Å². The average molecular weight is 520 g/mol. The molecular formula is C21H37IN4O3. The number of carbonyl (C=O) groups is 1. The van der Waals surface area contributed by atoms with Gasteiger partial charge in [-0.25, -0.2) is 4.79 Å². The highest BCUT2D eigenvalue weighted by Crippen LogP contribution is 2.13. The van der Waals surface area contributed by atoms with Crippen LogP contribution in [-0.2, 0) is 4.74 Å².